The first kappa shape index (κ1) is 23.1. The highest BCUT2D eigenvalue weighted by atomic mass is 79.9. The van der Waals surface area contributed by atoms with E-state index in [9.17, 15) is 19.5 Å². The van der Waals surface area contributed by atoms with Gasteiger partial charge in [0.15, 0.2) is 5.60 Å². The van der Waals surface area contributed by atoms with Crippen LogP contribution in [-0.4, -0.2) is 58.4 Å². The van der Waals surface area contributed by atoms with Gasteiger partial charge in [0.25, 0.3) is 5.91 Å². The van der Waals surface area contributed by atoms with Crippen LogP contribution in [0, 0.1) is 0 Å². The summed E-state index contributed by atoms with van der Waals surface area (Å²) in [6.07, 6.45) is -0.665. The molecule has 1 aliphatic heterocycles. The number of hydrogen-bond acceptors (Lipinski definition) is 5. The molecule has 0 bridgehead atoms. The first-order valence-electron chi connectivity index (χ1n) is 10.9. The van der Waals surface area contributed by atoms with E-state index in [1.165, 1.54) is 11.0 Å². The van der Waals surface area contributed by atoms with E-state index in [0.29, 0.717) is 10.2 Å². The molecular weight excluding hydrogens is 516 g/mol. The summed E-state index contributed by atoms with van der Waals surface area (Å²) in [5.74, 6) is -1.89. The SMILES string of the molecule is O=C(Nc1cc(C(=O)N2CC(O)(C(=O)O)C2)ccc1Br)OCC1c2ccccc2-c2ccccc21. The van der Waals surface area contributed by atoms with E-state index in [4.69, 9.17) is 9.84 Å². The Morgan fingerprint density at radius 2 is 1.60 bits per heavy atom. The first-order chi connectivity index (χ1) is 16.8. The number of carboxylic acid groups (broad SMARTS) is 1. The smallest absolute Gasteiger partial charge is 0.411 e. The summed E-state index contributed by atoms with van der Waals surface area (Å²) < 4.78 is 6.12. The summed E-state index contributed by atoms with van der Waals surface area (Å²) in [5, 5.41) is 21.6. The van der Waals surface area contributed by atoms with Crippen molar-refractivity contribution in [3.8, 4) is 11.1 Å². The van der Waals surface area contributed by atoms with Gasteiger partial charge in [0.1, 0.15) is 6.61 Å². The molecule has 2 aliphatic rings. The molecule has 1 heterocycles. The topological polar surface area (TPSA) is 116 Å². The number of carboxylic acids is 1. The van der Waals surface area contributed by atoms with E-state index in [-0.39, 0.29) is 31.2 Å². The van der Waals surface area contributed by atoms with E-state index in [1.807, 2.05) is 36.4 Å². The monoisotopic (exact) mass is 536 g/mol. The summed E-state index contributed by atoms with van der Waals surface area (Å²) >= 11 is 3.36. The zero-order valence-electron chi connectivity index (χ0n) is 18.4. The van der Waals surface area contributed by atoms with Crippen molar-refractivity contribution in [2.45, 2.75) is 11.5 Å². The number of hydrogen-bond donors (Lipinski definition) is 3. The van der Waals surface area contributed by atoms with Crippen LogP contribution in [0.4, 0.5) is 10.5 Å². The van der Waals surface area contributed by atoms with Crippen LogP contribution in [0.1, 0.15) is 27.4 Å². The van der Waals surface area contributed by atoms with Crippen LogP contribution in [0.15, 0.2) is 71.2 Å². The van der Waals surface area contributed by atoms with Gasteiger partial charge in [0.05, 0.1) is 18.8 Å². The summed E-state index contributed by atoms with van der Waals surface area (Å²) in [5.41, 5.74) is 3.13. The molecule has 0 unspecified atom stereocenters. The second-order valence-electron chi connectivity index (χ2n) is 8.64. The molecule has 0 saturated carbocycles. The van der Waals surface area contributed by atoms with Gasteiger partial charge in [-0.2, -0.15) is 0 Å². The number of β-amino-alcohol motifs (C(OH)–C–C–N with tert-alkyl or cyclic N) is 1. The molecule has 0 atom stereocenters. The number of carbonyl (C=O) groups is 3. The van der Waals surface area contributed by atoms with E-state index in [2.05, 4.69) is 33.4 Å². The van der Waals surface area contributed by atoms with Crippen LogP contribution in [-0.2, 0) is 9.53 Å². The minimum absolute atomic E-state index is 0.0797. The summed E-state index contributed by atoms with van der Waals surface area (Å²) in [6, 6.07) is 20.7. The van der Waals surface area contributed by atoms with Crippen LogP contribution in [0.5, 0.6) is 0 Å². The second-order valence-corrected chi connectivity index (χ2v) is 9.50. The molecule has 8 nitrogen and oxygen atoms in total. The Morgan fingerprint density at radius 3 is 2.20 bits per heavy atom. The number of amides is 2. The average Bonchev–Trinajstić information content (AvgIpc) is 3.15. The number of rotatable bonds is 5. The number of aliphatic carboxylic acids is 1. The van der Waals surface area contributed by atoms with E-state index >= 15 is 0 Å². The Labute approximate surface area is 209 Å². The normalized spacial score (nSPS) is 15.5. The van der Waals surface area contributed by atoms with Gasteiger partial charge in [-0.25, -0.2) is 9.59 Å². The van der Waals surface area contributed by atoms with E-state index in [1.54, 1.807) is 12.1 Å². The zero-order chi connectivity index (χ0) is 24.7. The van der Waals surface area contributed by atoms with Gasteiger partial charge in [-0.15, -0.1) is 0 Å². The summed E-state index contributed by atoms with van der Waals surface area (Å²) in [7, 11) is 0. The van der Waals surface area contributed by atoms with Gasteiger partial charge < -0.3 is 19.8 Å². The zero-order valence-corrected chi connectivity index (χ0v) is 20.0. The third-order valence-corrected chi connectivity index (χ3v) is 7.08. The number of nitrogens with one attached hydrogen (secondary N) is 1. The predicted molar refractivity (Wildman–Crippen MR) is 131 cm³/mol. The standard InChI is InChI=1S/C26H21BrN2O6/c27-21-10-9-15(23(30)29-13-26(34,14-29)24(31)32)11-22(21)28-25(33)35-12-20-18-7-3-1-5-16(18)17-6-2-4-8-19(17)20/h1-11,20,34H,12-14H2,(H,28,33)(H,31,32). The molecular formula is C26H21BrN2O6. The third kappa shape index (κ3) is 4.17. The highest BCUT2D eigenvalue weighted by Gasteiger charge is 2.50. The van der Waals surface area contributed by atoms with Crippen LogP contribution in [0.2, 0.25) is 0 Å². The fourth-order valence-corrected chi connectivity index (χ4v) is 4.89. The molecule has 1 fully saturated rings. The third-order valence-electron chi connectivity index (χ3n) is 6.38. The van der Waals surface area contributed by atoms with E-state index < -0.39 is 23.6 Å². The molecule has 2 amide bonds. The van der Waals surface area contributed by atoms with Crippen molar-refractivity contribution in [3.05, 3.63) is 87.9 Å². The van der Waals surface area contributed by atoms with Gasteiger partial charge in [-0.1, -0.05) is 48.5 Å². The molecule has 35 heavy (non-hydrogen) atoms. The fourth-order valence-electron chi connectivity index (χ4n) is 4.55. The molecule has 3 aromatic rings. The summed E-state index contributed by atoms with van der Waals surface area (Å²) in [6.45, 7) is -0.448. The quantitative estimate of drug-likeness (QED) is 0.452. The van der Waals surface area contributed by atoms with Crippen molar-refractivity contribution in [2.24, 2.45) is 0 Å². The maximum absolute atomic E-state index is 12.7. The lowest BCUT2D eigenvalue weighted by atomic mass is 9.93. The molecule has 0 radical (unpaired) electrons. The maximum atomic E-state index is 12.7. The highest BCUT2D eigenvalue weighted by Crippen LogP contribution is 2.44. The lowest BCUT2D eigenvalue weighted by molar-refractivity contribution is -0.173. The van der Waals surface area contributed by atoms with Crippen LogP contribution in [0.25, 0.3) is 11.1 Å². The largest absolute Gasteiger partial charge is 0.479 e. The number of likely N-dealkylation sites (tertiary alicyclic amines) is 1. The van der Waals surface area contributed by atoms with Gasteiger partial charge in [0, 0.05) is 16.0 Å². The minimum Gasteiger partial charge on any atom is -0.479 e. The molecule has 9 heteroatoms. The van der Waals surface area contributed by atoms with Crippen molar-refractivity contribution < 1.29 is 29.3 Å². The molecule has 0 aromatic heterocycles. The van der Waals surface area contributed by atoms with Crippen molar-refractivity contribution in [1.29, 1.82) is 0 Å². The van der Waals surface area contributed by atoms with Gasteiger partial charge in [-0.05, 0) is 56.4 Å². The molecule has 5 rings (SSSR count). The predicted octanol–water partition coefficient (Wildman–Crippen LogP) is 4.08. The second kappa shape index (κ2) is 8.83. The molecule has 1 saturated heterocycles. The average molecular weight is 537 g/mol. The van der Waals surface area contributed by atoms with Crippen LogP contribution >= 0.6 is 15.9 Å². The van der Waals surface area contributed by atoms with Crippen LogP contribution < -0.4 is 5.32 Å². The van der Waals surface area contributed by atoms with Crippen molar-refractivity contribution in [2.75, 3.05) is 25.0 Å². The molecule has 1 aliphatic carbocycles. The van der Waals surface area contributed by atoms with Crippen molar-refractivity contribution in [3.63, 3.8) is 0 Å². The number of ether oxygens (including phenoxy) is 1. The lowest BCUT2D eigenvalue weighted by Gasteiger charge is -2.43. The number of aliphatic hydroxyl groups is 1. The van der Waals surface area contributed by atoms with Crippen LogP contribution in [0.3, 0.4) is 0 Å². The number of benzene rings is 3. The highest BCUT2D eigenvalue weighted by molar-refractivity contribution is 9.10. The molecule has 3 aromatic carbocycles. The first-order valence-corrected chi connectivity index (χ1v) is 11.7. The van der Waals surface area contributed by atoms with Gasteiger partial charge in [0.2, 0.25) is 0 Å². The summed E-state index contributed by atoms with van der Waals surface area (Å²) in [4.78, 5) is 37.6. The number of anilines is 1. The Balaban J connectivity index is 1.26. The van der Waals surface area contributed by atoms with Gasteiger partial charge in [-0.3, -0.25) is 10.1 Å². The Hall–Kier alpha value is -3.69. The van der Waals surface area contributed by atoms with Crippen molar-refractivity contribution >= 4 is 39.6 Å². The Kier molecular flexibility index (Phi) is 5.82. The molecule has 178 valence electrons. The Morgan fingerprint density at radius 1 is 1.00 bits per heavy atom. The Bertz CT molecular complexity index is 1310. The number of nitrogens with zero attached hydrogens (tertiary/aromatic N) is 1. The van der Waals surface area contributed by atoms with Gasteiger partial charge >= 0.3 is 12.1 Å². The number of fused-ring (bicyclic) bond motifs is 3. The minimum atomic E-state index is -1.92. The van der Waals surface area contributed by atoms with E-state index in [0.717, 1.165) is 22.3 Å². The van der Waals surface area contributed by atoms with Crippen molar-refractivity contribution in [1.82, 2.24) is 4.90 Å². The number of halogens is 1. The maximum Gasteiger partial charge on any atom is 0.411 e. The molecule has 0 spiro atoms. The lowest BCUT2D eigenvalue weighted by Crippen LogP contribution is -2.67. The fraction of sp³-hybridized carbons (Fsp3) is 0.192. The molecule has 3 N–H and O–H groups in total. The number of carbonyl (C=O) groups excluding carboxylic acids is 2.